The summed E-state index contributed by atoms with van der Waals surface area (Å²) in [6.07, 6.45) is 0. The normalized spacial score (nSPS) is 13.8. The first-order chi connectivity index (χ1) is 27.5. The minimum atomic E-state index is -0.169. The largest absolute Gasteiger partial charge is 0.455 e. The average molecular weight is 718 g/mol. The van der Waals surface area contributed by atoms with Crippen LogP contribution >= 0.6 is 0 Å². The molecule has 10 aromatic rings. The van der Waals surface area contributed by atoms with Crippen molar-refractivity contribution in [1.82, 2.24) is 0 Å². The molecule has 0 aliphatic carbocycles. The molecule has 0 unspecified atom stereocenters. The molecule has 4 heterocycles. The van der Waals surface area contributed by atoms with Gasteiger partial charge < -0.3 is 19.1 Å². The van der Waals surface area contributed by atoms with Gasteiger partial charge in [-0.3, -0.25) is 0 Å². The monoisotopic (exact) mass is 717 g/mol. The fraction of sp³-hybridized carbons (Fsp3) is 0.0588. The predicted octanol–water partition coefficient (Wildman–Crippen LogP) is 12.6. The van der Waals surface area contributed by atoms with E-state index in [0.29, 0.717) is 0 Å². The Morgan fingerprint density at radius 2 is 1.20 bits per heavy atom. The van der Waals surface area contributed by atoms with Crippen LogP contribution in [0.1, 0.15) is 25.0 Å². The number of benzene rings is 8. The molecule has 56 heavy (non-hydrogen) atoms. The number of furan rings is 2. The van der Waals surface area contributed by atoms with Crippen LogP contribution in [0.5, 0.6) is 0 Å². The van der Waals surface area contributed by atoms with Crippen molar-refractivity contribution < 1.29 is 8.83 Å². The zero-order valence-electron chi connectivity index (χ0n) is 30.9. The minimum Gasteiger partial charge on any atom is -0.455 e. The zero-order valence-corrected chi connectivity index (χ0v) is 30.9. The van der Waals surface area contributed by atoms with Crippen molar-refractivity contribution in [1.29, 1.82) is 0 Å². The van der Waals surface area contributed by atoms with Crippen LogP contribution < -0.4 is 21.1 Å². The van der Waals surface area contributed by atoms with Gasteiger partial charge in [-0.15, -0.1) is 0 Å². The molecule has 2 aromatic heterocycles. The molecular formula is C51H34BN2O2. The number of rotatable bonds is 4. The Morgan fingerprint density at radius 1 is 0.518 bits per heavy atom. The third-order valence-electron chi connectivity index (χ3n) is 12.1. The van der Waals surface area contributed by atoms with E-state index >= 15 is 0 Å². The number of hydrogen-bond donors (Lipinski definition) is 1. The van der Waals surface area contributed by atoms with E-state index in [0.717, 1.165) is 88.7 Å². The summed E-state index contributed by atoms with van der Waals surface area (Å²) < 4.78 is 13.5. The molecule has 4 nitrogen and oxygen atoms in total. The van der Waals surface area contributed by atoms with E-state index in [4.69, 9.17) is 8.83 Å². The summed E-state index contributed by atoms with van der Waals surface area (Å²) in [6.45, 7) is 4.70. The molecule has 2 aliphatic heterocycles. The van der Waals surface area contributed by atoms with Crippen molar-refractivity contribution in [3.8, 4) is 22.3 Å². The number of para-hydroxylation sites is 5. The number of hydrogen-bond acceptors (Lipinski definition) is 4. The molecular weight excluding hydrogens is 683 g/mol. The molecule has 8 aromatic carbocycles. The van der Waals surface area contributed by atoms with Crippen LogP contribution in [0.25, 0.3) is 66.1 Å². The van der Waals surface area contributed by atoms with Crippen LogP contribution in [-0.2, 0) is 5.41 Å². The first kappa shape index (κ1) is 31.4. The Morgan fingerprint density at radius 3 is 2.04 bits per heavy atom. The van der Waals surface area contributed by atoms with E-state index in [9.17, 15) is 0 Å². The lowest BCUT2D eigenvalue weighted by molar-refractivity contribution is 0.632. The molecule has 1 N–H and O–H groups in total. The number of fused-ring (bicyclic) bond motifs is 10. The van der Waals surface area contributed by atoms with Gasteiger partial charge in [-0.2, -0.15) is 0 Å². The Balaban J connectivity index is 1.18. The number of nitrogens with one attached hydrogen (secondary N) is 1. The highest BCUT2D eigenvalue weighted by molar-refractivity contribution is 6.74. The lowest BCUT2D eigenvalue weighted by Crippen LogP contribution is -2.45. The highest BCUT2D eigenvalue weighted by atomic mass is 16.3. The quantitative estimate of drug-likeness (QED) is 0.184. The molecule has 263 valence electrons. The summed E-state index contributed by atoms with van der Waals surface area (Å²) in [5.74, 6) is 0. The van der Waals surface area contributed by atoms with Crippen LogP contribution in [0.15, 0.2) is 173 Å². The number of anilines is 5. The second-order valence-electron chi connectivity index (χ2n) is 15.6. The average Bonchev–Trinajstić information content (AvgIpc) is 3.81. The third kappa shape index (κ3) is 4.37. The second kappa shape index (κ2) is 11.5. The standard InChI is InChI=1S/C51H34BN2O2/c1-51(2)37-19-8-9-23-42(37)54-43-29-35-33-17-7-11-25-45(33)56-50(35)46(47(43)52-39-21-13-20-38(51)48(39)54)36-28-31(30-14-4-3-5-15-30)26-27-40(36)53-41-22-12-18-34-32-16-6-10-24-44(32)55-49(34)41/h3-29,53H,1-2H3. The molecule has 0 amide bonds. The number of nitrogens with zero attached hydrogens (tertiary/aromatic N) is 1. The van der Waals surface area contributed by atoms with Crippen LogP contribution in [0.3, 0.4) is 0 Å². The summed E-state index contributed by atoms with van der Waals surface area (Å²) in [6, 6.07) is 58.4. The second-order valence-corrected chi connectivity index (χ2v) is 15.6. The van der Waals surface area contributed by atoms with Gasteiger partial charge in [-0.25, -0.2) is 0 Å². The fourth-order valence-electron chi connectivity index (χ4n) is 9.42. The van der Waals surface area contributed by atoms with Gasteiger partial charge in [0.2, 0.25) is 0 Å². The molecule has 5 heteroatoms. The van der Waals surface area contributed by atoms with Crippen molar-refractivity contribution in [3.63, 3.8) is 0 Å². The van der Waals surface area contributed by atoms with Crippen molar-refractivity contribution in [3.05, 3.63) is 175 Å². The maximum absolute atomic E-state index is 6.98. The first-order valence-electron chi connectivity index (χ1n) is 19.3. The molecule has 12 rings (SSSR count). The van der Waals surface area contributed by atoms with Crippen molar-refractivity contribution >= 4 is 90.5 Å². The van der Waals surface area contributed by atoms with E-state index in [1.807, 2.05) is 12.1 Å². The van der Waals surface area contributed by atoms with Gasteiger partial charge in [0.05, 0.1) is 11.4 Å². The van der Waals surface area contributed by atoms with Crippen molar-refractivity contribution in [2.45, 2.75) is 19.3 Å². The zero-order chi connectivity index (χ0) is 37.1. The topological polar surface area (TPSA) is 41.6 Å². The van der Waals surface area contributed by atoms with E-state index in [2.05, 4.69) is 183 Å². The summed E-state index contributed by atoms with van der Waals surface area (Å²) >= 11 is 0. The Bertz CT molecular complexity index is 3250. The molecule has 0 bridgehead atoms. The lowest BCUT2D eigenvalue weighted by atomic mass is 9.55. The maximum atomic E-state index is 6.98. The van der Waals surface area contributed by atoms with Crippen molar-refractivity contribution in [2.75, 3.05) is 10.2 Å². The Labute approximate surface area is 324 Å². The van der Waals surface area contributed by atoms with Crippen molar-refractivity contribution in [2.24, 2.45) is 0 Å². The van der Waals surface area contributed by atoms with Crippen LogP contribution in [-0.4, -0.2) is 7.28 Å². The first-order valence-corrected chi connectivity index (χ1v) is 19.3. The van der Waals surface area contributed by atoms with Crippen LogP contribution in [0, 0.1) is 0 Å². The summed E-state index contributed by atoms with van der Waals surface area (Å²) in [5.41, 5.74) is 18.0. The van der Waals surface area contributed by atoms with Gasteiger partial charge in [0.25, 0.3) is 0 Å². The summed E-state index contributed by atoms with van der Waals surface area (Å²) in [7, 11) is 2.38. The molecule has 0 fully saturated rings. The van der Waals surface area contributed by atoms with Gasteiger partial charge in [0.1, 0.15) is 16.7 Å². The maximum Gasteiger partial charge on any atom is 0.198 e. The SMILES string of the molecule is CC1(C)c2ccccc2N2c3cc4c(oc5ccccc54)c(-c4cc(-c5ccccc5)ccc4Nc4cccc5c4oc4ccccc45)c3[B]c3cccc1c32. The van der Waals surface area contributed by atoms with E-state index < -0.39 is 0 Å². The third-order valence-corrected chi connectivity index (χ3v) is 12.1. The van der Waals surface area contributed by atoms with Gasteiger partial charge in [-0.1, -0.05) is 141 Å². The highest BCUT2D eigenvalue weighted by Gasteiger charge is 2.41. The predicted molar refractivity (Wildman–Crippen MR) is 233 cm³/mol. The lowest BCUT2D eigenvalue weighted by Gasteiger charge is -2.46. The molecule has 0 atom stereocenters. The van der Waals surface area contributed by atoms with Gasteiger partial charge >= 0.3 is 0 Å². The van der Waals surface area contributed by atoms with Gasteiger partial charge in [0, 0.05) is 55.1 Å². The Hall–Kier alpha value is -6.98. The fourth-order valence-corrected chi connectivity index (χ4v) is 9.42. The summed E-state index contributed by atoms with van der Waals surface area (Å²) in [4.78, 5) is 2.51. The highest BCUT2D eigenvalue weighted by Crippen LogP contribution is 2.53. The van der Waals surface area contributed by atoms with Crippen LogP contribution in [0.4, 0.5) is 28.4 Å². The molecule has 0 saturated carbocycles. The molecule has 1 radical (unpaired) electrons. The smallest absolute Gasteiger partial charge is 0.198 e. The summed E-state index contributed by atoms with van der Waals surface area (Å²) in [5, 5.41) is 8.25. The van der Waals surface area contributed by atoms with Gasteiger partial charge in [-0.05, 0) is 70.2 Å². The van der Waals surface area contributed by atoms with E-state index in [1.165, 1.54) is 28.0 Å². The molecule has 0 saturated heterocycles. The molecule has 2 aliphatic rings. The van der Waals surface area contributed by atoms with E-state index in [1.54, 1.807) is 0 Å². The van der Waals surface area contributed by atoms with Gasteiger partial charge in [0.15, 0.2) is 12.9 Å². The Kier molecular flexibility index (Phi) is 6.45. The van der Waals surface area contributed by atoms with Crippen LogP contribution in [0.2, 0.25) is 0 Å². The minimum absolute atomic E-state index is 0.169. The van der Waals surface area contributed by atoms with E-state index in [-0.39, 0.29) is 5.41 Å². The molecule has 0 spiro atoms.